The Bertz CT molecular complexity index is 539. The normalized spacial score (nSPS) is 17.4. The van der Waals surface area contributed by atoms with Gasteiger partial charge in [-0.25, -0.2) is 0 Å². The lowest BCUT2D eigenvalue weighted by Gasteiger charge is -2.37. The van der Waals surface area contributed by atoms with Gasteiger partial charge in [-0.15, -0.1) is 0 Å². The SMILES string of the molecule is NC(=S)C1(NC(=O)c2cccc(O)c2O)CCCCC1. The molecule has 0 radical (unpaired) electrons. The lowest BCUT2D eigenvalue weighted by molar-refractivity contribution is 0.0905. The topological polar surface area (TPSA) is 95.6 Å². The fourth-order valence-electron chi connectivity index (χ4n) is 2.59. The highest BCUT2D eigenvalue weighted by Crippen LogP contribution is 2.31. The number of nitrogens with two attached hydrogens (primary N) is 1. The maximum Gasteiger partial charge on any atom is 0.255 e. The van der Waals surface area contributed by atoms with Gasteiger partial charge in [0.15, 0.2) is 11.5 Å². The second-order valence-corrected chi connectivity index (χ2v) is 5.57. The van der Waals surface area contributed by atoms with E-state index in [2.05, 4.69) is 5.32 Å². The number of aromatic hydroxyl groups is 2. The van der Waals surface area contributed by atoms with Gasteiger partial charge in [-0.3, -0.25) is 4.79 Å². The zero-order valence-corrected chi connectivity index (χ0v) is 11.9. The van der Waals surface area contributed by atoms with E-state index >= 15 is 0 Å². The van der Waals surface area contributed by atoms with E-state index in [-0.39, 0.29) is 16.3 Å². The van der Waals surface area contributed by atoms with E-state index in [0.29, 0.717) is 12.8 Å². The van der Waals surface area contributed by atoms with Gasteiger partial charge in [-0.2, -0.15) is 0 Å². The predicted octanol–water partition coefficient (Wildman–Crippen LogP) is 1.82. The molecule has 1 fully saturated rings. The molecule has 2 rings (SSSR count). The molecular weight excluding hydrogens is 276 g/mol. The molecule has 5 N–H and O–H groups in total. The molecule has 1 saturated carbocycles. The molecule has 1 aromatic carbocycles. The van der Waals surface area contributed by atoms with E-state index in [4.69, 9.17) is 18.0 Å². The Labute approximate surface area is 122 Å². The summed E-state index contributed by atoms with van der Waals surface area (Å²) in [5.74, 6) is -1.24. The summed E-state index contributed by atoms with van der Waals surface area (Å²) in [7, 11) is 0. The Morgan fingerprint density at radius 1 is 1.25 bits per heavy atom. The van der Waals surface area contributed by atoms with Crippen molar-refractivity contribution in [3.05, 3.63) is 23.8 Å². The smallest absolute Gasteiger partial charge is 0.255 e. The quantitative estimate of drug-likeness (QED) is 0.504. The summed E-state index contributed by atoms with van der Waals surface area (Å²) in [4.78, 5) is 12.6. The van der Waals surface area contributed by atoms with Gasteiger partial charge in [0.2, 0.25) is 0 Å². The van der Waals surface area contributed by atoms with Crippen LogP contribution in [0.2, 0.25) is 0 Å². The molecule has 0 aromatic heterocycles. The van der Waals surface area contributed by atoms with Gasteiger partial charge in [-0.1, -0.05) is 37.5 Å². The van der Waals surface area contributed by atoms with Crippen LogP contribution in [-0.4, -0.2) is 26.6 Å². The van der Waals surface area contributed by atoms with Crippen LogP contribution in [0.5, 0.6) is 11.5 Å². The van der Waals surface area contributed by atoms with E-state index in [1.54, 1.807) is 0 Å². The highest BCUT2D eigenvalue weighted by atomic mass is 32.1. The first-order chi connectivity index (χ1) is 9.46. The van der Waals surface area contributed by atoms with Crippen LogP contribution in [0.4, 0.5) is 0 Å². The van der Waals surface area contributed by atoms with Crippen LogP contribution in [0.3, 0.4) is 0 Å². The van der Waals surface area contributed by atoms with Crippen LogP contribution in [0.15, 0.2) is 18.2 Å². The Balaban J connectivity index is 2.25. The molecule has 0 spiro atoms. The number of carbonyl (C=O) groups excluding carboxylic acids is 1. The minimum Gasteiger partial charge on any atom is -0.504 e. The molecule has 0 heterocycles. The van der Waals surface area contributed by atoms with Crippen molar-refractivity contribution in [2.24, 2.45) is 5.73 Å². The van der Waals surface area contributed by atoms with E-state index in [0.717, 1.165) is 19.3 Å². The van der Waals surface area contributed by atoms with Crippen LogP contribution < -0.4 is 11.1 Å². The van der Waals surface area contributed by atoms with Crippen molar-refractivity contribution in [1.29, 1.82) is 0 Å². The minimum absolute atomic E-state index is 0.0196. The summed E-state index contributed by atoms with van der Waals surface area (Å²) >= 11 is 5.11. The lowest BCUT2D eigenvalue weighted by Crippen LogP contribution is -2.57. The first-order valence-corrected chi connectivity index (χ1v) is 7.00. The molecule has 1 aliphatic rings. The third-order valence-electron chi connectivity index (χ3n) is 3.79. The van der Waals surface area contributed by atoms with Crippen molar-refractivity contribution < 1.29 is 15.0 Å². The van der Waals surface area contributed by atoms with Crippen LogP contribution in [0, 0.1) is 0 Å². The summed E-state index contributed by atoms with van der Waals surface area (Å²) in [6.45, 7) is 0. The number of para-hydroxylation sites is 1. The van der Waals surface area contributed by atoms with E-state index in [1.807, 2.05) is 0 Å². The summed E-state index contributed by atoms with van der Waals surface area (Å²) < 4.78 is 0. The Morgan fingerprint density at radius 3 is 2.50 bits per heavy atom. The van der Waals surface area contributed by atoms with Gasteiger partial charge in [-0.05, 0) is 25.0 Å². The highest BCUT2D eigenvalue weighted by molar-refractivity contribution is 7.80. The second-order valence-electron chi connectivity index (χ2n) is 5.13. The van der Waals surface area contributed by atoms with Crippen molar-refractivity contribution in [3.63, 3.8) is 0 Å². The number of phenolic OH excluding ortho intramolecular Hbond substituents is 2. The monoisotopic (exact) mass is 294 g/mol. The molecule has 1 amide bonds. The van der Waals surface area contributed by atoms with Crippen molar-refractivity contribution in [3.8, 4) is 11.5 Å². The molecule has 1 aliphatic carbocycles. The Hall–Kier alpha value is -1.82. The maximum absolute atomic E-state index is 12.3. The molecule has 20 heavy (non-hydrogen) atoms. The molecule has 0 bridgehead atoms. The molecule has 6 heteroatoms. The number of carbonyl (C=O) groups is 1. The summed E-state index contributed by atoms with van der Waals surface area (Å²) in [6.07, 6.45) is 4.40. The number of thiocarbonyl (C=S) groups is 1. The van der Waals surface area contributed by atoms with Crippen molar-refractivity contribution in [2.45, 2.75) is 37.6 Å². The lowest BCUT2D eigenvalue weighted by atomic mass is 9.81. The first-order valence-electron chi connectivity index (χ1n) is 6.60. The fourth-order valence-corrected chi connectivity index (χ4v) is 2.84. The standard InChI is InChI=1S/C14H18N2O3S/c15-13(20)14(7-2-1-3-8-14)16-12(19)9-5-4-6-10(17)11(9)18/h4-6,17-18H,1-3,7-8H2,(H2,15,20)(H,16,19). The number of hydrogen-bond donors (Lipinski definition) is 4. The van der Waals surface area contributed by atoms with Crippen LogP contribution >= 0.6 is 12.2 Å². The van der Waals surface area contributed by atoms with E-state index in [9.17, 15) is 15.0 Å². The Kier molecular flexibility index (Phi) is 4.13. The number of amides is 1. The molecular formula is C14H18N2O3S. The van der Waals surface area contributed by atoms with Gasteiger partial charge in [0.05, 0.1) is 16.1 Å². The summed E-state index contributed by atoms with van der Waals surface area (Å²) in [5.41, 5.74) is 5.13. The molecule has 5 nitrogen and oxygen atoms in total. The molecule has 0 unspecified atom stereocenters. The highest BCUT2D eigenvalue weighted by Gasteiger charge is 2.37. The van der Waals surface area contributed by atoms with Crippen LogP contribution in [0.25, 0.3) is 0 Å². The van der Waals surface area contributed by atoms with Gasteiger partial charge >= 0.3 is 0 Å². The molecule has 0 aliphatic heterocycles. The van der Waals surface area contributed by atoms with Crippen molar-refractivity contribution >= 4 is 23.1 Å². The minimum atomic E-state index is -0.692. The Morgan fingerprint density at radius 2 is 1.90 bits per heavy atom. The summed E-state index contributed by atoms with van der Waals surface area (Å²) in [6, 6.07) is 4.26. The average molecular weight is 294 g/mol. The van der Waals surface area contributed by atoms with Gasteiger partial charge in [0, 0.05) is 0 Å². The van der Waals surface area contributed by atoms with Crippen molar-refractivity contribution in [2.75, 3.05) is 0 Å². The zero-order valence-electron chi connectivity index (χ0n) is 11.1. The second kappa shape index (κ2) is 5.66. The van der Waals surface area contributed by atoms with Crippen molar-refractivity contribution in [1.82, 2.24) is 5.32 Å². The number of nitrogens with one attached hydrogen (secondary N) is 1. The van der Waals surface area contributed by atoms with Gasteiger partial charge in [0.1, 0.15) is 0 Å². The number of rotatable bonds is 3. The number of hydrogen-bond acceptors (Lipinski definition) is 4. The first kappa shape index (κ1) is 14.6. The third kappa shape index (κ3) is 2.70. The van der Waals surface area contributed by atoms with E-state index < -0.39 is 17.2 Å². The largest absolute Gasteiger partial charge is 0.504 e. The van der Waals surface area contributed by atoms with E-state index in [1.165, 1.54) is 18.2 Å². The molecule has 108 valence electrons. The van der Waals surface area contributed by atoms with Crippen LogP contribution in [0.1, 0.15) is 42.5 Å². The number of phenols is 2. The van der Waals surface area contributed by atoms with Gasteiger partial charge < -0.3 is 21.3 Å². The average Bonchev–Trinajstić information content (AvgIpc) is 2.42. The predicted molar refractivity (Wildman–Crippen MR) is 79.8 cm³/mol. The molecule has 0 saturated heterocycles. The molecule has 0 atom stereocenters. The van der Waals surface area contributed by atoms with Gasteiger partial charge in [0.25, 0.3) is 5.91 Å². The zero-order chi connectivity index (χ0) is 14.8. The number of benzene rings is 1. The van der Waals surface area contributed by atoms with Crippen LogP contribution in [-0.2, 0) is 0 Å². The summed E-state index contributed by atoms with van der Waals surface area (Å²) in [5, 5.41) is 22.0. The molecule has 1 aromatic rings. The third-order valence-corrected chi connectivity index (χ3v) is 4.18. The fraction of sp³-hybridized carbons (Fsp3) is 0.429. The maximum atomic E-state index is 12.3.